The fraction of sp³-hybridized carbons (Fsp3) is 0.167. The Kier molecular flexibility index (Phi) is 3.58. The van der Waals surface area contributed by atoms with E-state index < -0.39 is 9.84 Å². The van der Waals surface area contributed by atoms with Gasteiger partial charge in [-0.05, 0) is 29.1 Å². The predicted molar refractivity (Wildman–Crippen MR) is 72.6 cm³/mol. The maximum atomic E-state index is 12.1. The molecule has 4 nitrogen and oxygen atoms in total. The van der Waals surface area contributed by atoms with E-state index in [1.165, 1.54) is 18.4 Å². The summed E-state index contributed by atoms with van der Waals surface area (Å²) in [5.74, 6) is 0.495. The average molecular weight is 283 g/mol. The highest BCUT2D eigenvalue weighted by Crippen LogP contribution is 2.26. The van der Waals surface area contributed by atoms with Gasteiger partial charge in [0.05, 0.1) is 18.6 Å². The van der Waals surface area contributed by atoms with Gasteiger partial charge in [-0.2, -0.15) is 0 Å². The Hall–Kier alpha value is -1.53. The van der Waals surface area contributed by atoms with E-state index in [1.807, 2.05) is 0 Å². The Morgan fingerprint density at radius 1 is 1.33 bits per heavy atom. The van der Waals surface area contributed by atoms with Crippen LogP contribution in [0.3, 0.4) is 0 Å². The minimum atomic E-state index is -3.28. The molecule has 0 radical (unpaired) electrons. The van der Waals surface area contributed by atoms with Crippen molar-refractivity contribution in [2.75, 3.05) is 12.8 Å². The van der Waals surface area contributed by atoms with Crippen LogP contribution in [-0.2, 0) is 15.6 Å². The Morgan fingerprint density at radius 3 is 2.67 bits per heavy atom. The number of ether oxygens (including phenoxy) is 1. The zero-order valence-corrected chi connectivity index (χ0v) is 11.4. The van der Waals surface area contributed by atoms with Gasteiger partial charge in [0.25, 0.3) is 0 Å². The molecule has 0 bridgehead atoms. The molecule has 0 unspecified atom stereocenters. The maximum absolute atomic E-state index is 12.1. The molecule has 96 valence electrons. The van der Waals surface area contributed by atoms with Crippen LogP contribution < -0.4 is 10.5 Å². The number of sulfone groups is 1. The number of anilines is 1. The van der Waals surface area contributed by atoms with E-state index in [9.17, 15) is 8.42 Å². The minimum absolute atomic E-state index is 0.0539. The molecule has 1 heterocycles. The number of thiophene rings is 1. The van der Waals surface area contributed by atoms with Gasteiger partial charge in [0.1, 0.15) is 9.96 Å². The van der Waals surface area contributed by atoms with Gasteiger partial charge in [-0.25, -0.2) is 8.42 Å². The quantitative estimate of drug-likeness (QED) is 0.874. The number of benzene rings is 1. The van der Waals surface area contributed by atoms with Gasteiger partial charge in [0, 0.05) is 0 Å². The first-order chi connectivity index (χ1) is 8.53. The fourth-order valence-electron chi connectivity index (χ4n) is 1.60. The Morgan fingerprint density at radius 2 is 2.11 bits per heavy atom. The molecular formula is C12H13NO3S2. The van der Waals surface area contributed by atoms with Crippen molar-refractivity contribution in [3.63, 3.8) is 0 Å². The molecule has 18 heavy (non-hydrogen) atoms. The molecule has 2 N–H and O–H groups in total. The first kappa shape index (κ1) is 12.9. The van der Waals surface area contributed by atoms with E-state index in [2.05, 4.69) is 0 Å². The molecule has 0 saturated carbocycles. The van der Waals surface area contributed by atoms with Crippen LogP contribution in [0.25, 0.3) is 0 Å². The summed E-state index contributed by atoms with van der Waals surface area (Å²) >= 11 is 1.22. The minimum Gasteiger partial charge on any atom is -0.495 e. The smallest absolute Gasteiger partial charge is 0.191 e. The summed E-state index contributed by atoms with van der Waals surface area (Å²) in [6.07, 6.45) is 0. The summed E-state index contributed by atoms with van der Waals surface area (Å²) in [6, 6.07) is 8.34. The van der Waals surface area contributed by atoms with Crippen LogP contribution in [0.15, 0.2) is 39.9 Å². The normalized spacial score (nSPS) is 11.4. The van der Waals surface area contributed by atoms with Crippen LogP contribution in [0, 0.1) is 0 Å². The third-order valence-corrected chi connectivity index (χ3v) is 5.63. The van der Waals surface area contributed by atoms with Crippen molar-refractivity contribution >= 4 is 26.9 Å². The predicted octanol–water partition coefficient (Wildman–Crippen LogP) is 2.31. The van der Waals surface area contributed by atoms with Crippen molar-refractivity contribution in [3.05, 3.63) is 41.3 Å². The monoisotopic (exact) mass is 283 g/mol. The van der Waals surface area contributed by atoms with E-state index in [-0.39, 0.29) is 5.75 Å². The van der Waals surface area contributed by atoms with Gasteiger partial charge in [-0.1, -0.05) is 12.1 Å². The van der Waals surface area contributed by atoms with Crippen molar-refractivity contribution in [1.29, 1.82) is 0 Å². The number of hydrogen-bond acceptors (Lipinski definition) is 5. The van der Waals surface area contributed by atoms with E-state index in [0.717, 1.165) is 0 Å². The molecule has 1 aromatic carbocycles. The number of methoxy groups -OCH3 is 1. The van der Waals surface area contributed by atoms with E-state index >= 15 is 0 Å². The molecule has 0 aliphatic carbocycles. The highest BCUT2D eigenvalue weighted by atomic mass is 32.2. The van der Waals surface area contributed by atoms with Gasteiger partial charge < -0.3 is 10.5 Å². The van der Waals surface area contributed by atoms with E-state index in [4.69, 9.17) is 10.5 Å². The summed E-state index contributed by atoms with van der Waals surface area (Å²) in [5.41, 5.74) is 6.85. The second-order valence-corrected chi connectivity index (χ2v) is 6.93. The third kappa shape index (κ3) is 2.65. The first-order valence-electron chi connectivity index (χ1n) is 5.21. The molecule has 2 aromatic rings. The van der Waals surface area contributed by atoms with Crippen LogP contribution in [-0.4, -0.2) is 15.5 Å². The summed E-state index contributed by atoms with van der Waals surface area (Å²) in [5, 5.41) is 1.75. The molecule has 0 aliphatic rings. The topological polar surface area (TPSA) is 69.4 Å². The molecule has 0 aliphatic heterocycles. The highest BCUT2D eigenvalue weighted by Gasteiger charge is 2.16. The molecule has 0 spiro atoms. The molecule has 1 aromatic heterocycles. The van der Waals surface area contributed by atoms with Crippen LogP contribution >= 0.6 is 11.3 Å². The molecule has 0 atom stereocenters. The number of nitrogens with two attached hydrogens (primary N) is 1. The van der Waals surface area contributed by atoms with Crippen LogP contribution in [0.5, 0.6) is 5.75 Å². The maximum Gasteiger partial charge on any atom is 0.191 e. The largest absolute Gasteiger partial charge is 0.495 e. The van der Waals surface area contributed by atoms with Crippen LogP contribution in [0.1, 0.15) is 5.56 Å². The Labute approximate surface area is 110 Å². The van der Waals surface area contributed by atoms with Crippen molar-refractivity contribution in [2.24, 2.45) is 0 Å². The zero-order chi connectivity index (χ0) is 13.2. The second-order valence-electron chi connectivity index (χ2n) is 3.77. The van der Waals surface area contributed by atoms with Gasteiger partial charge in [-0.3, -0.25) is 0 Å². The summed E-state index contributed by atoms with van der Waals surface area (Å²) in [6.45, 7) is 0. The lowest BCUT2D eigenvalue weighted by Crippen LogP contribution is -2.04. The van der Waals surface area contributed by atoms with E-state index in [1.54, 1.807) is 35.7 Å². The van der Waals surface area contributed by atoms with Crippen molar-refractivity contribution in [1.82, 2.24) is 0 Å². The fourth-order valence-corrected chi connectivity index (χ4v) is 4.03. The lowest BCUT2D eigenvalue weighted by Gasteiger charge is -2.07. The molecular weight excluding hydrogens is 270 g/mol. The lowest BCUT2D eigenvalue weighted by atomic mass is 10.2. The Balaban J connectivity index is 2.27. The number of hydrogen-bond donors (Lipinski definition) is 1. The second kappa shape index (κ2) is 4.99. The summed E-state index contributed by atoms with van der Waals surface area (Å²) < 4.78 is 29.5. The molecule has 6 heteroatoms. The third-order valence-electron chi connectivity index (χ3n) is 2.45. The standard InChI is InChI=1S/C12H13NO3S2/c1-16-11-5-4-9(7-10(11)13)8-18(14,15)12-3-2-6-17-12/h2-7H,8,13H2,1H3. The number of rotatable bonds is 4. The molecule has 2 rings (SSSR count). The van der Waals surface area contributed by atoms with Crippen molar-refractivity contribution in [2.45, 2.75) is 9.96 Å². The van der Waals surface area contributed by atoms with Crippen molar-refractivity contribution < 1.29 is 13.2 Å². The number of nitrogen functional groups attached to an aromatic ring is 1. The molecule has 0 saturated heterocycles. The van der Waals surface area contributed by atoms with Crippen LogP contribution in [0.4, 0.5) is 5.69 Å². The van der Waals surface area contributed by atoms with Gasteiger partial charge in [0.2, 0.25) is 0 Å². The summed E-state index contributed by atoms with van der Waals surface area (Å²) in [4.78, 5) is 0. The SMILES string of the molecule is COc1ccc(CS(=O)(=O)c2cccs2)cc1N. The van der Waals surface area contributed by atoms with Crippen LogP contribution in [0.2, 0.25) is 0 Å². The van der Waals surface area contributed by atoms with Crippen molar-refractivity contribution in [3.8, 4) is 5.75 Å². The average Bonchev–Trinajstić information content (AvgIpc) is 2.82. The highest BCUT2D eigenvalue weighted by molar-refractivity contribution is 7.92. The summed E-state index contributed by atoms with van der Waals surface area (Å²) in [7, 11) is -1.76. The molecule has 0 fully saturated rings. The van der Waals surface area contributed by atoms with Gasteiger partial charge >= 0.3 is 0 Å². The zero-order valence-electron chi connectivity index (χ0n) is 9.79. The first-order valence-corrected chi connectivity index (χ1v) is 7.75. The van der Waals surface area contributed by atoms with Gasteiger partial charge in [0.15, 0.2) is 9.84 Å². The van der Waals surface area contributed by atoms with Gasteiger partial charge in [-0.15, -0.1) is 11.3 Å². The lowest BCUT2D eigenvalue weighted by molar-refractivity contribution is 0.417. The van der Waals surface area contributed by atoms with E-state index in [0.29, 0.717) is 21.2 Å². The molecule has 0 amide bonds. The Bertz CT molecular complexity index is 633.